The van der Waals surface area contributed by atoms with E-state index in [1.54, 1.807) is 23.5 Å². The van der Waals surface area contributed by atoms with Gasteiger partial charge in [-0.3, -0.25) is 0 Å². The summed E-state index contributed by atoms with van der Waals surface area (Å²) in [4.78, 5) is 4.67. The summed E-state index contributed by atoms with van der Waals surface area (Å²) in [6.45, 7) is 2.19. The van der Waals surface area contributed by atoms with Gasteiger partial charge < -0.3 is 5.11 Å². The molecule has 0 aliphatic heterocycles. The van der Waals surface area contributed by atoms with Gasteiger partial charge in [0, 0.05) is 16.5 Å². The second kappa shape index (κ2) is 6.10. The van der Waals surface area contributed by atoms with Crippen molar-refractivity contribution in [1.29, 1.82) is 0 Å². The number of rotatable bonds is 4. The minimum Gasteiger partial charge on any atom is -0.508 e. The Morgan fingerprint density at radius 3 is 2.57 bits per heavy atom. The molecule has 0 unspecified atom stereocenters. The molecular weight excluding hydrogens is 278 g/mol. The highest BCUT2D eigenvalue weighted by Gasteiger charge is 2.07. The van der Waals surface area contributed by atoms with Gasteiger partial charge in [-0.25, -0.2) is 4.98 Å². The van der Waals surface area contributed by atoms with Crippen LogP contribution in [0.5, 0.6) is 5.75 Å². The Kier molecular flexibility index (Phi) is 4.02. The predicted octanol–water partition coefficient (Wildman–Crippen LogP) is 5.14. The topological polar surface area (TPSA) is 33.1 Å². The average molecular weight is 295 g/mol. The maximum atomic E-state index is 9.56. The zero-order chi connectivity index (χ0) is 14.7. The first-order valence-electron chi connectivity index (χ1n) is 7.10. The van der Waals surface area contributed by atoms with E-state index in [9.17, 15) is 5.11 Å². The predicted molar refractivity (Wildman–Crippen MR) is 88.6 cm³/mol. The van der Waals surface area contributed by atoms with E-state index in [0.717, 1.165) is 34.7 Å². The number of hydrogen-bond donors (Lipinski definition) is 1. The van der Waals surface area contributed by atoms with Gasteiger partial charge in [0.15, 0.2) is 0 Å². The second-order valence-electron chi connectivity index (χ2n) is 5.04. The van der Waals surface area contributed by atoms with Crippen LogP contribution in [-0.2, 0) is 6.42 Å². The Hall–Kier alpha value is -2.13. The van der Waals surface area contributed by atoms with Crippen molar-refractivity contribution in [3.63, 3.8) is 0 Å². The molecule has 0 bridgehead atoms. The number of aryl methyl sites for hydroxylation is 1. The van der Waals surface area contributed by atoms with Crippen LogP contribution in [0.2, 0.25) is 0 Å². The molecule has 21 heavy (non-hydrogen) atoms. The van der Waals surface area contributed by atoms with Crippen LogP contribution in [0.25, 0.3) is 21.8 Å². The summed E-state index contributed by atoms with van der Waals surface area (Å²) in [5, 5.41) is 12.5. The average Bonchev–Trinajstić information content (AvgIpc) is 2.98. The van der Waals surface area contributed by atoms with Crippen molar-refractivity contribution in [3.8, 4) is 27.6 Å². The zero-order valence-electron chi connectivity index (χ0n) is 11.9. The molecule has 0 amide bonds. The van der Waals surface area contributed by atoms with Crippen LogP contribution in [-0.4, -0.2) is 10.1 Å². The lowest BCUT2D eigenvalue weighted by Crippen LogP contribution is -1.84. The molecule has 3 aromatic rings. The van der Waals surface area contributed by atoms with Gasteiger partial charge in [-0.05, 0) is 24.1 Å². The van der Waals surface area contributed by atoms with Crippen LogP contribution in [0, 0.1) is 0 Å². The summed E-state index contributed by atoms with van der Waals surface area (Å²) >= 11 is 1.60. The number of aromatic hydroxyl groups is 1. The molecule has 1 aromatic heterocycles. The smallest absolute Gasteiger partial charge is 0.124 e. The molecule has 0 aliphatic carbocycles. The van der Waals surface area contributed by atoms with Crippen molar-refractivity contribution in [2.24, 2.45) is 0 Å². The first kappa shape index (κ1) is 13.8. The Morgan fingerprint density at radius 1 is 1.05 bits per heavy atom. The van der Waals surface area contributed by atoms with Crippen molar-refractivity contribution in [3.05, 3.63) is 59.5 Å². The van der Waals surface area contributed by atoms with E-state index in [0.29, 0.717) is 0 Å². The van der Waals surface area contributed by atoms with E-state index in [-0.39, 0.29) is 5.75 Å². The first-order valence-corrected chi connectivity index (χ1v) is 7.98. The van der Waals surface area contributed by atoms with Gasteiger partial charge in [0.2, 0.25) is 0 Å². The summed E-state index contributed by atoms with van der Waals surface area (Å²) in [5.41, 5.74) is 4.44. The minimum atomic E-state index is 0.271. The number of benzene rings is 2. The highest BCUT2D eigenvalue weighted by atomic mass is 32.1. The lowest BCUT2D eigenvalue weighted by Gasteiger charge is -2.01. The van der Waals surface area contributed by atoms with Gasteiger partial charge in [-0.15, -0.1) is 11.3 Å². The number of nitrogens with zero attached hydrogens (tertiary/aromatic N) is 1. The van der Waals surface area contributed by atoms with Crippen LogP contribution in [0.15, 0.2) is 53.9 Å². The Labute approximate surface area is 128 Å². The van der Waals surface area contributed by atoms with Crippen LogP contribution in [0.4, 0.5) is 0 Å². The van der Waals surface area contributed by atoms with E-state index in [1.165, 1.54) is 5.56 Å². The second-order valence-corrected chi connectivity index (χ2v) is 5.89. The number of phenolic OH excluding ortho intramolecular Hbond substituents is 1. The third-order valence-corrected chi connectivity index (χ3v) is 4.28. The molecule has 106 valence electrons. The standard InChI is InChI=1S/C18H17NOS/c1-2-4-13-7-9-14(10-8-13)17-12-21-18(19-17)15-5-3-6-16(20)11-15/h3,5-12,20H,2,4H2,1H3. The molecule has 3 heteroatoms. The van der Waals surface area contributed by atoms with Crippen LogP contribution in [0.3, 0.4) is 0 Å². The number of thiazole rings is 1. The zero-order valence-corrected chi connectivity index (χ0v) is 12.7. The van der Waals surface area contributed by atoms with Crippen molar-refractivity contribution < 1.29 is 5.11 Å². The third kappa shape index (κ3) is 3.14. The van der Waals surface area contributed by atoms with Gasteiger partial charge in [0.25, 0.3) is 0 Å². The quantitative estimate of drug-likeness (QED) is 0.723. The van der Waals surface area contributed by atoms with Gasteiger partial charge >= 0.3 is 0 Å². The third-order valence-electron chi connectivity index (χ3n) is 3.39. The van der Waals surface area contributed by atoms with E-state index in [2.05, 4.69) is 41.6 Å². The first-order chi connectivity index (χ1) is 10.3. The molecule has 0 radical (unpaired) electrons. The molecule has 0 saturated heterocycles. The number of aromatic nitrogens is 1. The van der Waals surface area contributed by atoms with Gasteiger partial charge in [0.05, 0.1) is 5.69 Å². The Bertz CT molecular complexity index is 731. The summed E-state index contributed by atoms with van der Waals surface area (Å²) in [6, 6.07) is 15.8. The van der Waals surface area contributed by atoms with Gasteiger partial charge in [-0.2, -0.15) is 0 Å². The largest absolute Gasteiger partial charge is 0.508 e. The van der Waals surface area contributed by atoms with Crippen LogP contribution >= 0.6 is 11.3 Å². The van der Waals surface area contributed by atoms with Crippen molar-refractivity contribution >= 4 is 11.3 Å². The summed E-state index contributed by atoms with van der Waals surface area (Å²) in [5.74, 6) is 0.271. The molecule has 2 aromatic carbocycles. The maximum Gasteiger partial charge on any atom is 0.124 e. The van der Waals surface area contributed by atoms with Crippen LogP contribution < -0.4 is 0 Å². The van der Waals surface area contributed by atoms with Crippen molar-refractivity contribution in [1.82, 2.24) is 4.98 Å². The molecule has 2 nitrogen and oxygen atoms in total. The van der Waals surface area contributed by atoms with E-state index >= 15 is 0 Å². The lowest BCUT2D eigenvalue weighted by atomic mass is 10.1. The highest BCUT2D eigenvalue weighted by molar-refractivity contribution is 7.13. The van der Waals surface area contributed by atoms with Crippen molar-refractivity contribution in [2.45, 2.75) is 19.8 Å². The van der Waals surface area contributed by atoms with Gasteiger partial charge in [-0.1, -0.05) is 49.7 Å². The number of phenols is 1. The van der Waals surface area contributed by atoms with E-state index < -0.39 is 0 Å². The molecule has 0 saturated carbocycles. The molecule has 0 aliphatic rings. The maximum absolute atomic E-state index is 9.56. The molecule has 1 heterocycles. The summed E-state index contributed by atoms with van der Waals surface area (Å²) in [6.07, 6.45) is 2.28. The Morgan fingerprint density at radius 2 is 1.86 bits per heavy atom. The molecule has 0 fully saturated rings. The fraction of sp³-hybridized carbons (Fsp3) is 0.167. The minimum absolute atomic E-state index is 0.271. The fourth-order valence-electron chi connectivity index (χ4n) is 2.31. The fourth-order valence-corrected chi connectivity index (χ4v) is 3.13. The van der Waals surface area contributed by atoms with E-state index in [1.807, 2.05) is 12.1 Å². The van der Waals surface area contributed by atoms with Crippen LogP contribution in [0.1, 0.15) is 18.9 Å². The molecule has 3 rings (SSSR count). The van der Waals surface area contributed by atoms with Crippen molar-refractivity contribution in [2.75, 3.05) is 0 Å². The van der Waals surface area contributed by atoms with Gasteiger partial charge in [0.1, 0.15) is 10.8 Å². The molecule has 1 N–H and O–H groups in total. The highest BCUT2D eigenvalue weighted by Crippen LogP contribution is 2.30. The number of hydrogen-bond acceptors (Lipinski definition) is 3. The lowest BCUT2D eigenvalue weighted by molar-refractivity contribution is 0.475. The SMILES string of the molecule is CCCc1ccc(-c2csc(-c3cccc(O)c3)n2)cc1. The summed E-state index contributed by atoms with van der Waals surface area (Å²) in [7, 11) is 0. The summed E-state index contributed by atoms with van der Waals surface area (Å²) < 4.78 is 0. The molecular formula is C18H17NOS. The van der Waals surface area contributed by atoms with E-state index in [4.69, 9.17) is 0 Å². The molecule has 0 atom stereocenters. The normalized spacial score (nSPS) is 10.7. The molecule has 0 spiro atoms. The Balaban J connectivity index is 1.87. The monoisotopic (exact) mass is 295 g/mol.